The van der Waals surface area contributed by atoms with Crippen molar-refractivity contribution in [3.8, 4) is 0 Å². The number of amidine groups is 1. The second-order valence-electron chi connectivity index (χ2n) is 8.95. The van der Waals surface area contributed by atoms with Gasteiger partial charge in [-0.2, -0.15) is 0 Å². The molecule has 0 radical (unpaired) electrons. The number of unbranched alkanes of at least 4 members (excludes halogenated alkanes) is 3. The first-order valence-corrected chi connectivity index (χ1v) is 16.1. The fourth-order valence-corrected chi connectivity index (χ4v) is 5.38. The van der Waals surface area contributed by atoms with Gasteiger partial charge < -0.3 is 9.73 Å². The number of nitrogens with zero attached hydrogens (tertiary/aromatic N) is 3. The Morgan fingerprint density at radius 1 is 1.02 bits per heavy atom. The number of amides is 1. The molecule has 0 aliphatic carbocycles. The average molecular weight is 578 g/mol. The molecule has 2 N–H and O–H groups in total. The molecule has 2 atom stereocenters. The van der Waals surface area contributed by atoms with Crippen LogP contribution in [-0.4, -0.2) is 48.7 Å². The summed E-state index contributed by atoms with van der Waals surface area (Å²) < 4.78 is 32.8. The predicted octanol–water partition coefficient (Wildman–Crippen LogP) is 5.48. The summed E-state index contributed by atoms with van der Waals surface area (Å²) in [7, 11) is -3.74. The van der Waals surface area contributed by atoms with Gasteiger partial charge in [-0.15, -0.1) is 10.2 Å². The molecule has 1 aromatic carbocycles. The fourth-order valence-electron chi connectivity index (χ4n) is 4.14. The molecular formula is C29H47N5O5S. The summed E-state index contributed by atoms with van der Waals surface area (Å²) in [6, 6.07) is 5.66. The van der Waals surface area contributed by atoms with Gasteiger partial charge in [0.25, 0.3) is 15.9 Å². The lowest BCUT2D eigenvalue weighted by molar-refractivity contribution is -0.122. The molecule has 0 saturated carbocycles. The number of benzene rings is 1. The molecule has 10 nitrogen and oxygen atoms in total. The third-order valence-electron chi connectivity index (χ3n) is 6.28. The van der Waals surface area contributed by atoms with Gasteiger partial charge in [-0.3, -0.25) is 19.3 Å². The molecule has 2 heterocycles. The van der Waals surface area contributed by atoms with Crippen molar-refractivity contribution in [2.24, 2.45) is 10.9 Å². The zero-order valence-corrected chi connectivity index (χ0v) is 25.9. The lowest BCUT2D eigenvalue weighted by Crippen LogP contribution is -2.39. The van der Waals surface area contributed by atoms with Crippen LogP contribution >= 0.6 is 0 Å². The first-order valence-electron chi connectivity index (χ1n) is 14.6. The Labute approximate surface area is 239 Å². The minimum Gasteiger partial charge on any atom is -0.418 e. The van der Waals surface area contributed by atoms with Crippen molar-refractivity contribution in [1.29, 1.82) is 0 Å². The van der Waals surface area contributed by atoms with Crippen LogP contribution in [0.2, 0.25) is 0 Å². The number of hydrogen-bond donors (Lipinski definition) is 2. The Bertz CT molecular complexity index is 1190. The molecular weight excluding hydrogens is 530 g/mol. The van der Waals surface area contributed by atoms with E-state index >= 15 is 0 Å². The molecule has 2 aromatic rings. The van der Waals surface area contributed by atoms with Crippen LogP contribution in [-0.2, 0) is 21.2 Å². The third kappa shape index (κ3) is 10.1. The van der Waals surface area contributed by atoms with E-state index in [1.54, 1.807) is 18.2 Å². The SMILES string of the molecule is CC.CC.CCCCCCC(CC)C[C@H](N=C1NS(=O)(=O)c2ccccc21)C(=O)NCC(=O)c1nnc(CC)o1. The average Bonchev–Trinajstić information content (AvgIpc) is 3.57. The van der Waals surface area contributed by atoms with Crippen molar-refractivity contribution in [1.82, 2.24) is 20.2 Å². The van der Waals surface area contributed by atoms with Crippen LogP contribution in [0.4, 0.5) is 0 Å². The topological polar surface area (TPSA) is 144 Å². The number of carbonyl (C=O) groups is 2. The second kappa shape index (κ2) is 18.3. The first kappa shape index (κ1) is 34.9. The monoisotopic (exact) mass is 577 g/mol. The van der Waals surface area contributed by atoms with Crippen LogP contribution in [0.5, 0.6) is 0 Å². The molecule has 224 valence electrons. The summed E-state index contributed by atoms with van der Waals surface area (Å²) in [6.07, 6.45) is 7.25. The zero-order chi connectivity index (χ0) is 30.1. The molecule has 0 bridgehead atoms. The number of rotatable bonds is 14. The number of nitrogens with one attached hydrogen (secondary N) is 2. The normalized spacial score (nSPS) is 15.4. The molecule has 1 aliphatic heterocycles. The number of aryl methyl sites for hydroxylation is 1. The van der Waals surface area contributed by atoms with Gasteiger partial charge in [0, 0.05) is 12.0 Å². The summed E-state index contributed by atoms with van der Waals surface area (Å²) in [4.78, 5) is 30.3. The summed E-state index contributed by atoms with van der Waals surface area (Å²) in [5.74, 6) is -0.400. The maximum Gasteiger partial charge on any atom is 0.285 e. The number of fused-ring (bicyclic) bond motifs is 1. The number of carbonyl (C=O) groups excluding carboxylic acids is 2. The maximum absolute atomic E-state index is 13.2. The van der Waals surface area contributed by atoms with Gasteiger partial charge in [0.05, 0.1) is 11.4 Å². The molecule has 0 fully saturated rings. The predicted molar refractivity (Wildman–Crippen MR) is 158 cm³/mol. The number of aliphatic imine (C=N–C) groups is 1. The first-order chi connectivity index (χ1) is 19.3. The molecule has 1 unspecified atom stereocenters. The highest BCUT2D eigenvalue weighted by molar-refractivity contribution is 7.90. The summed E-state index contributed by atoms with van der Waals surface area (Å²) in [6.45, 7) is 13.7. The minimum atomic E-state index is -3.74. The molecule has 0 spiro atoms. The Kier molecular flexibility index (Phi) is 16.0. The summed E-state index contributed by atoms with van der Waals surface area (Å²) in [5.41, 5.74) is 0.431. The molecule has 1 amide bonds. The van der Waals surface area contributed by atoms with Gasteiger partial charge in [0.15, 0.2) is 0 Å². The highest BCUT2D eigenvalue weighted by atomic mass is 32.2. The summed E-state index contributed by atoms with van der Waals surface area (Å²) in [5, 5.41) is 10.1. The van der Waals surface area contributed by atoms with Gasteiger partial charge in [0.1, 0.15) is 11.9 Å². The molecule has 1 aliphatic rings. The highest BCUT2D eigenvalue weighted by Gasteiger charge is 2.32. The van der Waals surface area contributed by atoms with Crippen molar-refractivity contribution >= 4 is 27.5 Å². The van der Waals surface area contributed by atoms with Gasteiger partial charge in [0.2, 0.25) is 17.6 Å². The number of ketones is 1. The Morgan fingerprint density at radius 3 is 2.35 bits per heavy atom. The van der Waals surface area contributed by atoms with Crippen molar-refractivity contribution < 1.29 is 22.4 Å². The number of aromatic nitrogens is 2. The molecule has 0 saturated heterocycles. The largest absolute Gasteiger partial charge is 0.418 e. The molecule has 3 rings (SSSR count). The van der Waals surface area contributed by atoms with Crippen LogP contribution < -0.4 is 10.0 Å². The van der Waals surface area contributed by atoms with E-state index in [1.165, 1.54) is 12.5 Å². The van der Waals surface area contributed by atoms with Gasteiger partial charge in [-0.05, 0) is 24.5 Å². The van der Waals surface area contributed by atoms with Crippen molar-refractivity contribution in [2.75, 3.05) is 6.54 Å². The van der Waals surface area contributed by atoms with Crippen molar-refractivity contribution in [3.63, 3.8) is 0 Å². The molecule has 40 heavy (non-hydrogen) atoms. The number of Topliss-reactive ketones (excluding diaryl/α,β-unsaturated/α-hetero) is 1. The van der Waals surface area contributed by atoms with E-state index in [0.717, 1.165) is 32.1 Å². The van der Waals surface area contributed by atoms with Crippen LogP contribution in [0.3, 0.4) is 0 Å². The van der Waals surface area contributed by atoms with E-state index in [-0.39, 0.29) is 29.1 Å². The van der Waals surface area contributed by atoms with Crippen LogP contribution in [0.1, 0.15) is 116 Å². The lowest BCUT2D eigenvalue weighted by atomic mass is 9.91. The lowest BCUT2D eigenvalue weighted by Gasteiger charge is -2.20. The van der Waals surface area contributed by atoms with Crippen molar-refractivity contribution in [3.05, 3.63) is 41.6 Å². The zero-order valence-electron chi connectivity index (χ0n) is 25.1. The maximum atomic E-state index is 13.2. The minimum absolute atomic E-state index is 0.132. The smallest absolute Gasteiger partial charge is 0.285 e. The van der Waals surface area contributed by atoms with E-state index in [9.17, 15) is 18.0 Å². The number of hydrogen-bond acceptors (Lipinski definition) is 8. The standard InChI is InChI=1S/C25H35N5O5S.2C2H6/c1-4-7-8-9-12-17(5-2)15-19(24(32)26-16-20(31)25-29-28-22(6-3)35-25)27-23-18-13-10-11-14-21(18)36(33,34)30-23;2*1-2/h10-11,13-14,17,19H,4-9,12,15-16H2,1-3H3,(H,26,32)(H,27,30);2*1-2H3/t17?,19-;;/m0../s1. The quantitative estimate of drug-likeness (QED) is 0.224. The Hall–Kier alpha value is -3.08. The Balaban J connectivity index is 0.00000191. The van der Waals surface area contributed by atoms with Crippen LogP contribution in [0.15, 0.2) is 38.6 Å². The second-order valence-corrected chi connectivity index (χ2v) is 10.6. The van der Waals surface area contributed by atoms with E-state index in [2.05, 4.69) is 39.1 Å². The summed E-state index contributed by atoms with van der Waals surface area (Å²) >= 11 is 0. The third-order valence-corrected chi connectivity index (χ3v) is 7.68. The molecule has 1 aromatic heterocycles. The van der Waals surface area contributed by atoms with Gasteiger partial charge in [-0.1, -0.05) is 99.1 Å². The molecule has 11 heteroatoms. The van der Waals surface area contributed by atoms with Gasteiger partial charge in [-0.25, -0.2) is 8.42 Å². The fraction of sp³-hybridized carbons (Fsp3) is 0.621. The van der Waals surface area contributed by atoms with E-state index in [1.807, 2.05) is 34.6 Å². The van der Waals surface area contributed by atoms with E-state index < -0.39 is 27.8 Å². The Morgan fingerprint density at radius 2 is 1.73 bits per heavy atom. The van der Waals surface area contributed by atoms with Gasteiger partial charge >= 0.3 is 0 Å². The highest BCUT2D eigenvalue weighted by Crippen LogP contribution is 2.25. The number of sulfonamides is 1. The van der Waals surface area contributed by atoms with E-state index in [4.69, 9.17) is 4.42 Å². The van der Waals surface area contributed by atoms with Crippen molar-refractivity contribution in [2.45, 2.75) is 111 Å². The van der Waals surface area contributed by atoms with Crippen LogP contribution in [0.25, 0.3) is 0 Å². The van der Waals surface area contributed by atoms with Crippen LogP contribution in [0, 0.1) is 5.92 Å². The van der Waals surface area contributed by atoms with E-state index in [0.29, 0.717) is 24.3 Å².